The molecule has 0 bridgehead atoms. The second-order valence-electron chi connectivity index (χ2n) is 7.42. The van der Waals surface area contributed by atoms with Crippen LogP contribution in [0, 0.1) is 12.8 Å². The van der Waals surface area contributed by atoms with Gasteiger partial charge in [-0.25, -0.2) is 8.42 Å². The Kier molecular flexibility index (Phi) is 6.64. The van der Waals surface area contributed by atoms with Crippen LogP contribution in [0.4, 0.5) is 5.69 Å². The molecule has 1 aliphatic heterocycles. The minimum atomic E-state index is -3.48. The molecule has 28 heavy (non-hydrogen) atoms. The summed E-state index contributed by atoms with van der Waals surface area (Å²) in [5, 5.41) is 3.11. The minimum Gasteiger partial charge on any atom is -0.325 e. The van der Waals surface area contributed by atoms with Gasteiger partial charge >= 0.3 is 0 Å². The maximum absolute atomic E-state index is 12.8. The standard InChI is InChI=1S/C20H25BrN2O3S2/c1-13(2)16-6-4-5-14(3)19(16)22-20(24)15-9-11-23(12-10-15)28(25,26)18-8-7-17(21)27-18/h4-8,13,15H,9-12H2,1-3H3,(H,22,24). The Morgan fingerprint density at radius 1 is 1.21 bits per heavy atom. The van der Waals surface area contributed by atoms with Crippen LogP contribution in [-0.4, -0.2) is 31.7 Å². The molecule has 1 amide bonds. The highest BCUT2D eigenvalue weighted by Crippen LogP contribution is 2.32. The van der Waals surface area contributed by atoms with Gasteiger partial charge in [0.2, 0.25) is 5.91 Å². The molecule has 2 heterocycles. The van der Waals surface area contributed by atoms with E-state index in [-0.39, 0.29) is 11.8 Å². The average molecular weight is 485 g/mol. The number of anilines is 1. The second kappa shape index (κ2) is 8.65. The quantitative estimate of drug-likeness (QED) is 0.650. The van der Waals surface area contributed by atoms with Gasteiger partial charge in [0.15, 0.2) is 0 Å². The van der Waals surface area contributed by atoms with E-state index in [1.807, 2.05) is 25.1 Å². The number of halogens is 1. The van der Waals surface area contributed by atoms with Crippen molar-refractivity contribution < 1.29 is 13.2 Å². The number of benzene rings is 1. The molecule has 152 valence electrons. The lowest BCUT2D eigenvalue weighted by atomic mass is 9.95. The van der Waals surface area contributed by atoms with Gasteiger partial charge in [0.05, 0.1) is 3.79 Å². The predicted molar refractivity (Wildman–Crippen MR) is 117 cm³/mol. The number of piperidine rings is 1. The van der Waals surface area contributed by atoms with Crippen LogP contribution in [-0.2, 0) is 14.8 Å². The summed E-state index contributed by atoms with van der Waals surface area (Å²) in [6.45, 7) is 6.94. The first-order valence-corrected chi connectivity index (χ1v) is 12.4. The number of nitrogens with one attached hydrogen (secondary N) is 1. The van der Waals surface area contributed by atoms with Gasteiger partial charge < -0.3 is 5.32 Å². The molecule has 0 unspecified atom stereocenters. The Morgan fingerprint density at radius 2 is 1.89 bits per heavy atom. The number of sulfonamides is 1. The number of hydrogen-bond donors (Lipinski definition) is 1. The Hall–Kier alpha value is -1.22. The summed E-state index contributed by atoms with van der Waals surface area (Å²) in [6, 6.07) is 9.41. The zero-order chi connectivity index (χ0) is 20.5. The molecule has 0 spiro atoms. The van der Waals surface area contributed by atoms with E-state index >= 15 is 0 Å². The molecule has 2 aromatic rings. The summed E-state index contributed by atoms with van der Waals surface area (Å²) >= 11 is 4.52. The fourth-order valence-electron chi connectivity index (χ4n) is 3.49. The lowest BCUT2D eigenvalue weighted by molar-refractivity contribution is -0.120. The van der Waals surface area contributed by atoms with E-state index in [1.165, 1.54) is 15.6 Å². The molecule has 5 nitrogen and oxygen atoms in total. The van der Waals surface area contributed by atoms with Crippen LogP contribution in [0.2, 0.25) is 0 Å². The third-order valence-electron chi connectivity index (χ3n) is 5.14. The van der Waals surface area contributed by atoms with Crippen molar-refractivity contribution in [2.45, 2.75) is 43.7 Å². The molecule has 0 radical (unpaired) electrons. The summed E-state index contributed by atoms with van der Waals surface area (Å²) in [6.07, 6.45) is 1.06. The van der Waals surface area contributed by atoms with Gasteiger partial charge in [0, 0.05) is 24.7 Å². The van der Waals surface area contributed by atoms with Gasteiger partial charge in [-0.15, -0.1) is 11.3 Å². The largest absolute Gasteiger partial charge is 0.325 e. The zero-order valence-electron chi connectivity index (χ0n) is 16.2. The topological polar surface area (TPSA) is 66.5 Å². The number of hydrogen-bond acceptors (Lipinski definition) is 4. The summed E-state index contributed by atoms with van der Waals surface area (Å²) in [7, 11) is -3.48. The molecule has 1 aromatic heterocycles. The molecule has 0 saturated carbocycles. The molecule has 1 aliphatic rings. The van der Waals surface area contributed by atoms with E-state index < -0.39 is 10.0 Å². The number of para-hydroxylation sites is 1. The van der Waals surface area contributed by atoms with Crippen molar-refractivity contribution >= 4 is 48.9 Å². The van der Waals surface area contributed by atoms with Crippen LogP contribution in [0.3, 0.4) is 0 Å². The number of carbonyl (C=O) groups excluding carboxylic acids is 1. The van der Waals surface area contributed by atoms with Crippen molar-refractivity contribution in [2.24, 2.45) is 5.92 Å². The monoisotopic (exact) mass is 484 g/mol. The van der Waals surface area contributed by atoms with Crippen molar-refractivity contribution in [3.05, 3.63) is 45.2 Å². The first-order chi connectivity index (χ1) is 13.2. The van der Waals surface area contributed by atoms with E-state index in [1.54, 1.807) is 12.1 Å². The maximum atomic E-state index is 12.8. The van der Waals surface area contributed by atoms with Crippen LogP contribution in [0.5, 0.6) is 0 Å². The van der Waals surface area contributed by atoms with Crippen molar-refractivity contribution in [1.29, 1.82) is 0 Å². The van der Waals surface area contributed by atoms with Gasteiger partial charge in [-0.2, -0.15) is 4.31 Å². The number of rotatable bonds is 5. The maximum Gasteiger partial charge on any atom is 0.252 e. The molecule has 8 heteroatoms. The number of amides is 1. The van der Waals surface area contributed by atoms with Gasteiger partial charge in [0.25, 0.3) is 10.0 Å². The molecular formula is C20H25BrN2O3S2. The van der Waals surface area contributed by atoms with Gasteiger partial charge in [-0.05, 0) is 64.9 Å². The first-order valence-electron chi connectivity index (χ1n) is 9.36. The van der Waals surface area contributed by atoms with E-state index in [0.29, 0.717) is 36.1 Å². The summed E-state index contributed by atoms with van der Waals surface area (Å²) in [4.78, 5) is 12.8. The van der Waals surface area contributed by atoms with Gasteiger partial charge in [0.1, 0.15) is 4.21 Å². The lowest BCUT2D eigenvalue weighted by Gasteiger charge is -2.30. The summed E-state index contributed by atoms with van der Waals surface area (Å²) in [5.41, 5.74) is 3.06. The summed E-state index contributed by atoms with van der Waals surface area (Å²) in [5.74, 6) is 0.112. The van der Waals surface area contributed by atoms with Gasteiger partial charge in [-0.3, -0.25) is 4.79 Å². The van der Waals surface area contributed by atoms with Crippen LogP contribution in [0.1, 0.15) is 43.7 Å². The smallest absolute Gasteiger partial charge is 0.252 e. The van der Waals surface area contributed by atoms with Crippen molar-refractivity contribution in [2.75, 3.05) is 18.4 Å². The van der Waals surface area contributed by atoms with Crippen LogP contribution in [0.15, 0.2) is 38.3 Å². The van der Waals surface area contributed by atoms with Crippen LogP contribution in [0.25, 0.3) is 0 Å². The Bertz CT molecular complexity index is 962. The number of carbonyl (C=O) groups is 1. The third kappa shape index (κ3) is 4.50. The molecule has 1 N–H and O–H groups in total. The third-order valence-corrected chi connectivity index (χ3v) is 9.13. The van der Waals surface area contributed by atoms with E-state index in [0.717, 1.165) is 20.6 Å². The van der Waals surface area contributed by atoms with Crippen LogP contribution < -0.4 is 5.32 Å². The first kappa shape index (κ1) is 21.5. The Balaban J connectivity index is 1.67. The predicted octanol–water partition coefficient (Wildman–Crippen LogP) is 4.98. The normalized spacial score (nSPS) is 16.5. The van der Waals surface area contributed by atoms with E-state index in [9.17, 15) is 13.2 Å². The van der Waals surface area contributed by atoms with Crippen molar-refractivity contribution in [3.63, 3.8) is 0 Å². The van der Waals surface area contributed by atoms with Crippen LogP contribution >= 0.6 is 27.3 Å². The highest BCUT2D eigenvalue weighted by Gasteiger charge is 2.33. The molecule has 1 fully saturated rings. The van der Waals surface area contributed by atoms with Crippen molar-refractivity contribution in [1.82, 2.24) is 4.31 Å². The van der Waals surface area contributed by atoms with Gasteiger partial charge in [-0.1, -0.05) is 32.0 Å². The Labute approximate surface area is 179 Å². The molecular weight excluding hydrogens is 460 g/mol. The second-order valence-corrected chi connectivity index (χ2v) is 12.0. The molecule has 1 saturated heterocycles. The Morgan fingerprint density at radius 3 is 2.46 bits per heavy atom. The molecule has 0 aliphatic carbocycles. The SMILES string of the molecule is Cc1cccc(C(C)C)c1NC(=O)C1CCN(S(=O)(=O)c2ccc(Br)s2)CC1. The molecule has 1 aromatic carbocycles. The highest BCUT2D eigenvalue weighted by atomic mass is 79.9. The lowest BCUT2D eigenvalue weighted by Crippen LogP contribution is -2.41. The van der Waals surface area contributed by atoms with Crippen molar-refractivity contribution in [3.8, 4) is 0 Å². The fourth-order valence-corrected chi connectivity index (χ4v) is 7.12. The molecule has 0 atom stereocenters. The van der Waals surface area contributed by atoms with E-state index in [4.69, 9.17) is 0 Å². The van der Waals surface area contributed by atoms with E-state index in [2.05, 4.69) is 35.1 Å². The minimum absolute atomic E-state index is 0.0212. The zero-order valence-corrected chi connectivity index (χ0v) is 19.5. The average Bonchev–Trinajstić information content (AvgIpc) is 3.10. The highest BCUT2D eigenvalue weighted by molar-refractivity contribution is 9.11. The number of aryl methyl sites for hydroxylation is 1. The number of nitrogens with zero attached hydrogens (tertiary/aromatic N) is 1. The fraction of sp³-hybridized carbons (Fsp3) is 0.450. The summed E-state index contributed by atoms with van der Waals surface area (Å²) < 4.78 is 28.1. The molecule has 3 rings (SSSR count). The number of thiophene rings is 1.